The lowest BCUT2D eigenvalue weighted by Gasteiger charge is -2.22. The molecule has 0 amide bonds. The van der Waals surface area contributed by atoms with Gasteiger partial charge in [-0.3, -0.25) is 0 Å². The van der Waals surface area contributed by atoms with E-state index < -0.39 is 0 Å². The fourth-order valence-corrected chi connectivity index (χ4v) is 3.52. The zero-order valence-corrected chi connectivity index (χ0v) is 14.0. The summed E-state index contributed by atoms with van der Waals surface area (Å²) in [6, 6.07) is 4.70. The fraction of sp³-hybridized carbons (Fsp3) is 0.571. The van der Waals surface area contributed by atoms with Crippen LogP contribution >= 0.6 is 31.9 Å². The first-order valence-corrected chi connectivity index (χ1v) is 7.95. The van der Waals surface area contributed by atoms with Crippen LogP contribution in [0.4, 0.5) is 0 Å². The summed E-state index contributed by atoms with van der Waals surface area (Å²) in [5.74, 6) is 0. The maximum Gasteiger partial charge on any atom is 0.0594 e. The smallest absolute Gasteiger partial charge is 0.0594 e. The van der Waals surface area contributed by atoms with E-state index >= 15 is 0 Å². The lowest BCUT2D eigenvalue weighted by atomic mass is 9.98. The van der Waals surface area contributed by atoms with Crippen LogP contribution in [0.5, 0.6) is 0 Å². The molecule has 1 aromatic rings. The molecule has 0 bridgehead atoms. The van der Waals surface area contributed by atoms with Gasteiger partial charge in [0.2, 0.25) is 0 Å². The summed E-state index contributed by atoms with van der Waals surface area (Å²) in [4.78, 5) is 0. The standard InChI is InChI=1S/C14H19Br2NO/c1-9-6-13(16)11(8-12(9)15)14(17-2)7-10-4-3-5-18-10/h6,8,10,14,17H,3-5,7H2,1-2H3. The number of aryl methyl sites for hydroxylation is 1. The minimum absolute atomic E-state index is 0.333. The average Bonchev–Trinajstić information content (AvgIpc) is 2.84. The highest BCUT2D eigenvalue weighted by Gasteiger charge is 2.22. The predicted molar refractivity (Wildman–Crippen MR) is 82.0 cm³/mol. The van der Waals surface area contributed by atoms with E-state index in [4.69, 9.17) is 4.74 Å². The predicted octanol–water partition coefficient (Wildman–Crippen LogP) is 4.35. The second-order valence-electron chi connectivity index (χ2n) is 4.83. The molecule has 100 valence electrons. The van der Waals surface area contributed by atoms with Crippen LogP contribution in [0.3, 0.4) is 0 Å². The summed E-state index contributed by atoms with van der Waals surface area (Å²) in [6.45, 7) is 3.02. The maximum absolute atomic E-state index is 5.73. The third-order valence-electron chi connectivity index (χ3n) is 3.52. The SMILES string of the molecule is CNC(CC1CCCO1)c1cc(Br)c(C)cc1Br. The minimum atomic E-state index is 0.333. The van der Waals surface area contributed by atoms with Gasteiger partial charge in [0.25, 0.3) is 0 Å². The number of hydrogen-bond donors (Lipinski definition) is 1. The number of benzene rings is 1. The topological polar surface area (TPSA) is 21.3 Å². The summed E-state index contributed by atoms with van der Waals surface area (Å²) in [7, 11) is 2.01. The van der Waals surface area contributed by atoms with E-state index in [0.717, 1.165) is 17.5 Å². The molecular formula is C14H19Br2NO. The number of nitrogens with one attached hydrogen (secondary N) is 1. The van der Waals surface area contributed by atoms with Gasteiger partial charge in [0.1, 0.15) is 0 Å². The molecule has 1 aliphatic rings. The van der Waals surface area contributed by atoms with Gasteiger partial charge in [-0.25, -0.2) is 0 Å². The fourth-order valence-electron chi connectivity index (χ4n) is 2.42. The van der Waals surface area contributed by atoms with Crippen molar-refractivity contribution < 1.29 is 4.74 Å². The molecular weight excluding hydrogens is 358 g/mol. The van der Waals surface area contributed by atoms with Crippen LogP contribution in [-0.2, 0) is 4.74 Å². The van der Waals surface area contributed by atoms with Crippen molar-refractivity contribution in [2.24, 2.45) is 0 Å². The Hall–Kier alpha value is 0.1000. The van der Waals surface area contributed by atoms with E-state index in [1.807, 2.05) is 7.05 Å². The first-order chi connectivity index (χ1) is 8.61. The summed E-state index contributed by atoms with van der Waals surface area (Å²) in [5, 5.41) is 3.40. The lowest BCUT2D eigenvalue weighted by Crippen LogP contribution is -2.22. The van der Waals surface area contributed by atoms with Gasteiger partial charge < -0.3 is 10.1 Å². The van der Waals surface area contributed by atoms with Crippen molar-refractivity contribution >= 4 is 31.9 Å². The monoisotopic (exact) mass is 375 g/mol. The zero-order chi connectivity index (χ0) is 13.1. The first-order valence-electron chi connectivity index (χ1n) is 6.36. The molecule has 0 spiro atoms. The van der Waals surface area contributed by atoms with Crippen LogP contribution in [0, 0.1) is 6.92 Å². The van der Waals surface area contributed by atoms with Crippen molar-refractivity contribution in [3.8, 4) is 0 Å². The summed E-state index contributed by atoms with van der Waals surface area (Å²) in [6.07, 6.45) is 3.81. The lowest BCUT2D eigenvalue weighted by molar-refractivity contribution is 0.0953. The molecule has 0 radical (unpaired) electrons. The second kappa shape index (κ2) is 6.51. The summed E-state index contributed by atoms with van der Waals surface area (Å²) >= 11 is 7.28. The van der Waals surface area contributed by atoms with Gasteiger partial charge in [-0.1, -0.05) is 31.9 Å². The van der Waals surface area contributed by atoms with Gasteiger partial charge in [0.05, 0.1) is 6.10 Å². The second-order valence-corrected chi connectivity index (χ2v) is 6.54. The summed E-state index contributed by atoms with van der Waals surface area (Å²) < 4.78 is 8.06. The molecule has 1 saturated heterocycles. The minimum Gasteiger partial charge on any atom is -0.378 e. The normalized spacial score (nSPS) is 21.2. The first kappa shape index (κ1) is 14.5. The molecule has 2 atom stereocenters. The molecule has 2 rings (SSSR count). The molecule has 0 saturated carbocycles. The van der Waals surface area contributed by atoms with Gasteiger partial charge in [-0.05, 0) is 56.5 Å². The Morgan fingerprint density at radius 1 is 1.39 bits per heavy atom. The molecule has 1 fully saturated rings. The van der Waals surface area contributed by atoms with E-state index in [0.29, 0.717) is 12.1 Å². The molecule has 1 heterocycles. The average molecular weight is 377 g/mol. The Kier molecular flexibility index (Phi) is 5.24. The van der Waals surface area contributed by atoms with Crippen LogP contribution in [0.15, 0.2) is 21.1 Å². The van der Waals surface area contributed by atoms with Crippen LogP contribution in [0.2, 0.25) is 0 Å². The van der Waals surface area contributed by atoms with Crippen molar-refractivity contribution in [3.63, 3.8) is 0 Å². The van der Waals surface area contributed by atoms with E-state index in [1.54, 1.807) is 0 Å². The van der Waals surface area contributed by atoms with Crippen LogP contribution in [0.25, 0.3) is 0 Å². The Labute approximate surface area is 126 Å². The van der Waals surface area contributed by atoms with Crippen LogP contribution < -0.4 is 5.32 Å². The highest BCUT2D eigenvalue weighted by molar-refractivity contribution is 9.11. The Morgan fingerprint density at radius 2 is 2.17 bits per heavy atom. The van der Waals surface area contributed by atoms with Crippen molar-refractivity contribution in [1.82, 2.24) is 5.32 Å². The Bertz CT molecular complexity index is 417. The third kappa shape index (κ3) is 3.35. The largest absolute Gasteiger partial charge is 0.378 e. The highest BCUT2D eigenvalue weighted by Crippen LogP contribution is 2.33. The van der Waals surface area contributed by atoms with Crippen molar-refractivity contribution in [1.29, 1.82) is 0 Å². The molecule has 2 unspecified atom stereocenters. The van der Waals surface area contributed by atoms with Crippen LogP contribution in [-0.4, -0.2) is 19.8 Å². The Balaban J connectivity index is 2.18. The molecule has 1 N–H and O–H groups in total. The molecule has 4 heteroatoms. The molecule has 1 aromatic carbocycles. The Morgan fingerprint density at radius 3 is 2.78 bits per heavy atom. The quantitative estimate of drug-likeness (QED) is 0.843. The van der Waals surface area contributed by atoms with E-state index in [9.17, 15) is 0 Å². The van der Waals surface area contributed by atoms with Gasteiger partial charge in [-0.15, -0.1) is 0 Å². The van der Waals surface area contributed by atoms with E-state index in [2.05, 4.69) is 56.2 Å². The molecule has 0 aliphatic carbocycles. The highest BCUT2D eigenvalue weighted by atomic mass is 79.9. The molecule has 2 nitrogen and oxygen atoms in total. The van der Waals surface area contributed by atoms with Crippen molar-refractivity contribution in [2.75, 3.05) is 13.7 Å². The number of halogens is 2. The number of rotatable bonds is 4. The maximum atomic E-state index is 5.73. The molecule has 18 heavy (non-hydrogen) atoms. The zero-order valence-electron chi connectivity index (χ0n) is 10.8. The molecule has 0 aromatic heterocycles. The van der Waals surface area contributed by atoms with Gasteiger partial charge in [-0.2, -0.15) is 0 Å². The number of ether oxygens (including phenoxy) is 1. The van der Waals surface area contributed by atoms with Gasteiger partial charge in [0.15, 0.2) is 0 Å². The number of hydrogen-bond acceptors (Lipinski definition) is 2. The summed E-state index contributed by atoms with van der Waals surface area (Å²) in [5.41, 5.74) is 2.54. The van der Waals surface area contributed by atoms with Gasteiger partial charge >= 0.3 is 0 Å². The van der Waals surface area contributed by atoms with Crippen molar-refractivity contribution in [2.45, 2.75) is 38.3 Å². The van der Waals surface area contributed by atoms with E-state index in [1.165, 1.54) is 28.4 Å². The van der Waals surface area contributed by atoms with Gasteiger partial charge in [0, 0.05) is 21.6 Å². The third-order valence-corrected chi connectivity index (χ3v) is 5.07. The van der Waals surface area contributed by atoms with E-state index in [-0.39, 0.29) is 0 Å². The van der Waals surface area contributed by atoms with Crippen molar-refractivity contribution in [3.05, 3.63) is 32.2 Å². The molecule has 1 aliphatic heterocycles. The van der Waals surface area contributed by atoms with Crippen LogP contribution in [0.1, 0.15) is 36.4 Å².